The predicted octanol–water partition coefficient (Wildman–Crippen LogP) is 2.46. The number of unbranched alkanes of at least 4 members (excludes halogenated alkanes) is 1. The molecule has 0 aromatic heterocycles. The third-order valence-corrected chi connectivity index (χ3v) is 1.51. The van der Waals surface area contributed by atoms with Crippen LogP contribution in [-0.4, -0.2) is 6.10 Å². The van der Waals surface area contributed by atoms with Crippen molar-refractivity contribution >= 4 is 0 Å². The molecule has 10 heavy (non-hydrogen) atoms. The monoisotopic (exact) mass is 137 g/mol. The Morgan fingerprint density at radius 1 is 1.40 bits per heavy atom. The van der Waals surface area contributed by atoms with E-state index in [0.717, 1.165) is 19.3 Å². The molecule has 1 rings (SSSR count). The zero-order valence-electron chi connectivity index (χ0n) is 6.12. The molecule has 0 saturated heterocycles. The van der Waals surface area contributed by atoms with E-state index in [9.17, 15) is 0 Å². The van der Waals surface area contributed by atoms with Crippen molar-refractivity contribution < 1.29 is 4.74 Å². The summed E-state index contributed by atoms with van der Waals surface area (Å²) >= 11 is 0. The summed E-state index contributed by atoms with van der Waals surface area (Å²) in [5.74, 6) is 0. The van der Waals surface area contributed by atoms with Crippen LogP contribution in [0.5, 0.6) is 0 Å². The highest BCUT2D eigenvalue weighted by atomic mass is 16.5. The maximum atomic E-state index is 5.28. The van der Waals surface area contributed by atoms with Crippen molar-refractivity contribution in [2.45, 2.75) is 25.4 Å². The highest BCUT2D eigenvalue weighted by molar-refractivity contribution is 5.07. The predicted molar refractivity (Wildman–Crippen MR) is 42.4 cm³/mol. The van der Waals surface area contributed by atoms with Gasteiger partial charge in [-0.05, 0) is 25.0 Å². The molecule has 1 unspecified atom stereocenters. The van der Waals surface area contributed by atoms with Crippen molar-refractivity contribution in [3.8, 4) is 0 Å². The van der Waals surface area contributed by atoms with E-state index in [1.807, 2.05) is 12.2 Å². The molecule has 0 aromatic rings. The molecule has 0 saturated carbocycles. The molecule has 0 fully saturated rings. The normalized spacial score (nSPS) is 22.7. The van der Waals surface area contributed by atoms with Crippen molar-refractivity contribution in [3.63, 3.8) is 0 Å². The number of hydrogen-bond acceptors (Lipinski definition) is 1. The Bertz CT molecular complexity index is 136. The molecule has 0 amide bonds. The van der Waals surface area contributed by atoms with Crippen molar-refractivity contribution in [1.82, 2.24) is 0 Å². The molecule has 0 aromatic carbocycles. The molecular formula is C9H13O. The number of rotatable bonds is 3. The van der Waals surface area contributed by atoms with Gasteiger partial charge in [-0.3, -0.25) is 0 Å². The fraction of sp³-hybridized carbons (Fsp3) is 0.444. The minimum atomic E-state index is 0.298. The van der Waals surface area contributed by atoms with Crippen LogP contribution in [0.4, 0.5) is 0 Å². The van der Waals surface area contributed by atoms with Gasteiger partial charge in [-0.25, -0.2) is 0 Å². The van der Waals surface area contributed by atoms with E-state index in [0.29, 0.717) is 6.10 Å². The molecule has 1 atom stereocenters. The summed E-state index contributed by atoms with van der Waals surface area (Å²) in [5.41, 5.74) is 0. The lowest BCUT2D eigenvalue weighted by Crippen LogP contribution is -2.07. The first-order valence-corrected chi connectivity index (χ1v) is 3.71. The summed E-state index contributed by atoms with van der Waals surface area (Å²) in [4.78, 5) is 0. The van der Waals surface area contributed by atoms with Crippen LogP contribution in [0.3, 0.4) is 0 Å². The second kappa shape index (κ2) is 4.15. The van der Waals surface area contributed by atoms with E-state index in [-0.39, 0.29) is 0 Å². The Kier molecular flexibility index (Phi) is 3.07. The van der Waals surface area contributed by atoms with Crippen LogP contribution in [0.2, 0.25) is 0 Å². The van der Waals surface area contributed by atoms with Crippen molar-refractivity contribution in [2.24, 2.45) is 0 Å². The molecule has 1 aliphatic heterocycles. The Hall–Kier alpha value is -0.720. The Morgan fingerprint density at radius 3 is 2.90 bits per heavy atom. The first-order valence-electron chi connectivity index (χ1n) is 3.71. The first-order chi connectivity index (χ1) is 4.93. The van der Waals surface area contributed by atoms with Crippen LogP contribution >= 0.6 is 0 Å². The number of hydrogen-bond donors (Lipinski definition) is 0. The first kappa shape index (κ1) is 7.39. The lowest BCUT2D eigenvalue weighted by atomic mass is 10.1. The van der Waals surface area contributed by atoms with Crippen LogP contribution in [-0.2, 0) is 4.74 Å². The molecule has 1 heteroatoms. The van der Waals surface area contributed by atoms with Crippen LogP contribution in [0.15, 0.2) is 24.5 Å². The second-order valence-corrected chi connectivity index (χ2v) is 2.38. The topological polar surface area (TPSA) is 9.23 Å². The van der Waals surface area contributed by atoms with Crippen LogP contribution in [0.25, 0.3) is 0 Å². The molecule has 0 N–H and O–H groups in total. The van der Waals surface area contributed by atoms with Gasteiger partial charge >= 0.3 is 0 Å². The SMILES string of the molecule is [CH2]CCCC1C=CC=CO1. The Balaban J connectivity index is 2.17. The molecule has 1 nitrogen and oxygen atoms in total. The number of allylic oxidation sites excluding steroid dienone is 2. The van der Waals surface area contributed by atoms with Crippen LogP contribution < -0.4 is 0 Å². The van der Waals surface area contributed by atoms with E-state index in [4.69, 9.17) is 4.74 Å². The standard InChI is InChI=1S/C9H13O/c1-2-3-6-9-7-4-5-8-10-9/h4-5,7-9H,1-3,6H2. The van der Waals surface area contributed by atoms with Crippen LogP contribution in [0.1, 0.15) is 19.3 Å². The summed E-state index contributed by atoms with van der Waals surface area (Å²) in [6, 6.07) is 0. The van der Waals surface area contributed by atoms with E-state index < -0.39 is 0 Å². The highest BCUT2D eigenvalue weighted by Crippen LogP contribution is 2.09. The smallest absolute Gasteiger partial charge is 0.116 e. The molecule has 55 valence electrons. The molecule has 0 aliphatic carbocycles. The summed E-state index contributed by atoms with van der Waals surface area (Å²) in [6.07, 6.45) is 11.3. The zero-order chi connectivity index (χ0) is 7.23. The molecule has 1 heterocycles. The zero-order valence-corrected chi connectivity index (χ0v) is 6.12. The molecular weight excluding hydrogens is 124 g/mol. The summed E-state index contributed by atoms with van der Waals surface area (Å²) in [7, 11) is 0. The summed E-state index contributed by atoms with van der Waals surface area (Å²) in [6.45, 7) is 3.77. The van der Waals surface area contributed by atoms with Gasteiger partial charge in [0, 0.05) is 0 Å². The van der Waals surface area contributed by atoms with Gasteiger partial charge < -0.3 is 4.74 Å². The number of ether oxygens (including phenoxy) is 1. The van der Waals surface area contributed by atoms with Gasteiger partial charge in [-0.1, -0.05) is 19.4 Å². The minimum absolute atomic E-state index is 0.298. The second-order valence-electron chi connectivity index (χ2n) is 2.38. The van der Waals surface area contributed by atoms with Gasteiger partial charge in [0.15, 0.2) is 0 Å². The van der Waals surface area contributed by atoms with E-state index in [1.54, 1.807) is 6.26 Å². The Labute approximate surface area is 62.4 Å². The van der Waals surface area contributed by atoms with E-state index in [2.05, 4.69) is 13.0 Å². The lowest BCUT2D eigenvalue weighted by Gasteiger charge is -2.13. The van der Waals surface area contributed by atoms with Gasteiger partial charge in [0.2, 0.25) is 0 Å². The van der Waals surface area contributed by atoms with Crippen molar-refractivity contribution in [2.75, 3.05) is 0 Å². The van der Waals surface area contributed by atoms with E-state index in [1.165, 1.54) is 0 Å². The quantitative estimate of drug-likeness (QED) is 0.580. The van der Waals surface area contributed by atoms with Gasteiger partial charge in [0.25, 0.3) is 0 Å². The molecule has 1 radical (unpaired) electrons. The van der Waals surface area contributed by atoms with E-state index >= 15 is 0 Å². The minimum Gasteiger partial charge on any atom is -0.494 e. The highest BCUT2D eigenvalue weighted by Gasteiger charge is 2.03. The van der Waals surface area contributed by atoms with Crippen molar-refractivity contribution in [3.05, 3.63) is 31.4 Å². The summed E-state index contributed by atoms with van der Waals surface area (Å²) in [5, 5.41) is 0. The maximum Gasteiger partial charge on any atom is 0.116 e. The third-order valence-electron chi connectivity index (χ3n) is 1.51. The Morgan fingerprint density at radius 2 is 2.30 bits per heavy atom. The molecule has 0 bridgehead atoms. The fourth-order valence-electron chi connectivity index (χ4n) is 0.935. The van der Waals surface area contributed by atoms with Gasteiger partial charge in [0.1, 0.15) is 6.10 Å². The van der Waals surface area contributed by atoms with Gasteiger partial charge in [-0.15, -0.1) is 0 Å². The van der Waals surface area contributed by atoms with Gasteiger partial charge in [0.05, 0.1) is 6.26 Å². The largest absolute Gasteiger partial charge is 0.494 e. The molecule has 1 aliphatic rings. The maximum absolute atomic E-state index is 5.28. The molecule has 0 spiro atoms. The van der Waals surface area contributed by atoms with Crippen LogP contribution in [0, 0.1) is 6.92 Å². The average molecular weight is 137 g/mol. The summed E-state index contributed by atoms with van der Waals surface area (Å²) < 4.78 is 5.28. The fourth-order valence-corrected chi connectivity index (χ4v) is 0.935. The van der Waals surface area contributed by atoms with Crippen molar-refractivity contribution in [1.29, 1.82) is 0 Å². The van der Waals surface area contributed by atoms with Gasteiger partial charge in [-0.2, -0.15) is 0 Å². The lowest BCUT2D eigenvalue weighted by molar-refractivity contribution is 0.172. The average Bonchev–Trinajstić information content (AvgIpc) is 2.03. The third kappa shape index (κ3) is 2.26.